The van der Waals surface area contributed by atoms with Gasteiger partial charge < -0.3 is 5.32 Å². The maximum Gasteiger partial charge on any atom is 0.181 e. The molecule has 1 aromatic carbocycles. The van der Waals surface area contributed by atoms with E-state index in [0.717, 1.165) is 49.2 Å². The Morgan fingerprint density at radius 3 is 2.65 bits per heavy atom. The molecule has 0 unspecified atom stereocenters. The van der Waals surface area contributed by atoms with Crippen LogP contribution in [-0.2, 0) is 13.0 Å². The van der Waals surface area contributed by atoms with Gasteiger partial charge in [-0.15, -0.1) is 0 Å². The van der Waals surface area contributed by atoms with Gasteiger partial charge in [-0.3, -0.25) is 0 Å². The molecule has 2 heterocycles. The minimum atomic E-state index is 0.745. The molecule has 2 aromatic rings. The molecule has 0 atom stereocenters. The summed E-state index contributed by atoms with van der Waals surface area (Å²) in [6.45, 7) is 5.29. The zero-order valence-corrected chi connectivity index (χ0v) is 12.0. The van der Waals surface area contributed by atoms with Crippen molar-refractivity contribution in [2.75, 3.05) is 13.1 Å². The molecule has 1 saturated heterocycles. The van der Waals surface area contributed by atoms with E-state index in [9.17, 15) is 0 Å². The first kappa shape index (κ1) is 13.3. The standard InChI is InChI=1S/C16H22N4/c1-2-20-15(12-13-8-10-17-11-9-13)18-16(19-20)14-6-4-3-5-7-14/h3-7,13,17H,2,8-12H2,1H3. The summed E-state index contributed by atoms with van der Waals surface area (Å²) in [6.07, 6.45) is 3.55. The summed E-state index contributed by atoms with van der Waals surface area (Å²) in [5, 5.41) is 8.07. The lowest BCUT2D eigenvalue weighted by molar-refractivity contribution is 0.361. The Bertz CT molecular complexity index is 541. The number of nitrogens with zero attached hydrogens (tertiary/aromatic N) is 3. The Morgan fingerprint density at radius 2 is 1.95 bits per heavy atom. The first-order valence-corrected chi connectivity index (χ1v) is 7.56. The van der Waals surface area contributed by atoms with Gasteiger partial charge in [0.25, 0.3) is 0 Å². The highest BCUT2D eigenvalue weighted by molar-refractivity contribution is 5.53. The van der Waals surface area contributed by atoms with Crippen LogP contribution in [0, 0.1) is 5.92 Å². The van der Waals surface area contributed by atoms with E-state index in [1.165, 1.54) is 12.8 Å². The van der Waals surface area contributed by atoms with Crippen LogP contribution in [0.5, 0.6) is 0 Å². The summed E-state index contributed by atoms with van der Waals surface area (Å²) in [4.78, 5) is 4.78. The van der Waals surface area contributed by atoms with Gasteiger partial charge in [0, 0.05) is 18.5 Å². The molecule has 0 aliphatic carbocycles. The highest BCUT2D eigenvalue weighted by Crippen LogP contribution is 2.20. The molecule has 1 fully saturated rings. The summed E-state index contributed by atoms with van der Waals surface area (Å²) in [5.41, 5.74) is 1.10. The van der Waals surface area contributed by atoms with Gasteiger partial charge in [0.05, 0.1) is 0 Å². The smallest absolute Gasteiger partial charge is 0.181 e. The van der Waals surface area contributed by atoms with Gasteiger partial charge in [-0.25, -0.2) is 9.67 Å². The van der Waals surface area contributed by atoms with Crippen molar-refractivity contribution >= 4 is 0 Å². The fourth-order valence-corrected chi connectivity index (χ4v) is 2.83. The molecule has 106 valence electrons. The van der Waals surface area contributed by atoms with E-state index in [-0.39, 0.29) is 0 Å². The van der Waals surface area contributed by atoms with Crippen molar-refractivity contribution in [3.63, 3.8) is 0 Å². The number of aryl methyl sites for hydroxylation is 1. The summed E-state index contributed by atoms with van der Waals surface area (Å²) < 4.78 is 2.06. The van der Waals surface area contributed by atoms with E-state index in [1.807, 2.05) is 18.2 Å². The number of piperidine rings is 1. The van der Waals surface area contributed by atoms with E-state index < -0.39 is 0 Å². The number of rotatable bonds is 4. The number of hydrogen-bond donors (Lipinski definition) is 1. The van der Waals surface area contributed by atoms with Crippen molar-refractivity contribution in [2.24, 2.45) is 5.92 Å². The predicted octanol–water partition coefficient (Wildman–Crippen LogP) is 2.51. The minimum absolute atomic E-state index is 0.745. The minimum Gasteiger partial charge on any atom is -0.317 e. The summed E-state index contributed by atoms with van der Waals surface area (Å²) in [7, 11) is 0. The average molecular weight is 270 g/mol. The Morgan fingerprint density at radius 1 is 1.20 bits per heavy atom. The van der Waals surface area contributed by atoms with Crippen LogP contribution in [-0.4, -0.2) is 27.9 Å². The number of hydrogen-bond acceptors (Lipinski definition) is 3. The highest BCUT2D eigenvalue weighted by atomic mass is 15.3. The van der Waals surface area contributed by atoms with Crippen LogP contribution in [0.1, 0.15) is 25.6 Å². The second-order valence-corrected chi connectivity index (χ2v) is 5.43. The monoisotopic (exact) mass is 270 g/mol. The Labute approximate surface area is 120 Å². The Kier molecular flexibility index (Phi) is 4.11. The summed E-state index contributed by atoms with van der Waals surface area (Å²) in [5.74, 6) is 2.74. The van der Waals surface area contributed by atoms with Crippen LogP contribution in [0.3, 0.4) is 0 Å². The topological polar surface area (TPSA) is 42.7 Å². The second kappa shape index (κ2) is 6.18. The van der Waals surface area contributed by atoms with E-state index in [2.05, 4.69) is 34.2 Å². The molecule has 4 heteroatoms. The lowest BCUT2D eigenvalue weighted by Gasteiger charge is -2.21. The van der Waals surface area contributed by atoms with Crippen LogP contribution in [0.2, 0.25) is 0 Å². The van der Waals surface area contributed by atoms with Gasteiger partial charge >= 0.3 is 0 Å². The molecule has 1 N–H and O–H groups in total. The molecular formula is C16H22N4. The van der Waals surface area contributed by atoms with Gasteiger partial charge in [0.2, 0.25) is 0 Å². The molecule has 0 amide bonds. The first-order chi connectivity index (χ1) is 9.86. The fourth-order valence-electron chi connectivity index (χ4n) is 2.83. The molecule has 4 nitrogen and oxygen atoms in total. The zero-order chi connectivity index (χ0) is 13.8. The Hall–Kier alpha value is -1.68. The molecule has 3 rings (SSSR count). The van der Waals surface area contributed by atoms with Crippen LogP contribution in [0.25, 0.3) is 11.4 Å². The normalized spacial score (nSPS) is 16.4. The van der Waals surface area contributed by atoms with Crippen molar-refractivity contribution in [3.8, 4) is 11.4 Å². The van der Waals surface area contributed by atoms with Crippen molar-refractivity contribution < 1.29 is 0 Å². The highest BCUT2D eigenvalue weighted by Gasteiger charge is 2.18. The molecule has 0 saturated carbocycles. The van der Waals surface area contributed by atoms with E-state index in [4.69, 9.17) is 4.98 Å². The van der Waals surface area contributed by atoms with Crippen LogP contribution < -0.4 is 5.32 Å². The third-order valence-electron chi connectivity index (χ3n) is 4.01. The maximum absolute atomic E-state index is 4.78. The van der Waals surface area contributed by atoms with Crippen LogP contribution in [0.15, 0.2) is 30.3 Å². The maximum atomic E-state index is 4.78. The molecule has 1 aliphatic heterocycles. The molecule has 1 aromatic heterocycles. The lowest BCUT2D eigenvalue weighted by atomic mass is 9.94. The predicted molar refractivity (Wildman–Crippen MR) is 80.4 cm³/mol. The van der Waals surface area contributed by atoms with Crippen LogP contribution >= 0.6 is 0 Å². The molecule has 0 radical (unpaired) electrons. The molecule has 0 bridgehead atoms. The quantitative estimate of drug-likeness (QED) is 0.928. The van der Waals surface area contributed by atoms with Crippen molar-refractivity contribution in [2.45, 2.75) is 32.7 Å². The van der Waals surface area contributed by atoms with Gasteiger partial charge in [0.1, 0.15) is 5.82 Å². The molecule has 1 aliphatic rings. The second-order valence-electron chi connectivity index (χ2n) is 5.43. The SMILES string of the molecule is CCn1nc(-c2ccccc2)nc1CC1CCNCC1. The number of aromatic nitrogens is 3. The average Bonchev–Trinajstić information content (AvgIpc) is 2.92. The van der Waals surface area contributed by atoms with E-state index in [1.54, 1.807) is 0 Å². The van der Waals surface area contributed by atoms with Gasteiger partial charge in [-0.1, -0.05) is 30.3 Å². The third-order valence-corrected chi connectivity index (χ3v) is 4.01. The van der Waals surface area contributed by atoms with Crippen molar-refractivity contribution in [1.29, 1.82) is 0 Å². The fraction of sp³-hybridized carbons (Fsp3) is 0.500. The third kappa shape index (κ3) is 2.90. The molecule has 0 spiro atoms. The van der Waals surface area contributed by atoms with Gasteiger partial charge in [0.15, 0.2) is 5.82 Å². The Balaban J connectivity index is 1.81. The van der Waals surface area contributed by atoms with Gasteiger partial charge in [-0.2, -0.15) is 5.10 Å². The summed E-state index contributed by atoms with van der Waals surface area (Å²) >= 11 is 0. The van der Waals surface area contributed by atoms with Crippen LogP contribution in [0.4, 0.5) is 0 Å². The van der Waals surface area contributed by atoms with Crippen molar-refractivity contribution in [3.05, 3.63) is 36.2 Å². The largest absolute Gasteiger partial charge is 0.317 e. The molecular weight excluding hydrogens is 248 g/mol. The van der Waals surface area contributed by atoms with E-state index >= 15 is 0 Å². The van der Waals surface area contributed by atoms with E-state index in [0.29, 0.717) is 0 Å². The lowest BCUT2D eigenvalue weighted by Crippen LogP contribution is -2.29. The first-order valence-electron chi connectivity index (χ1n) is 7.56. The number of nitrogens with one attached hydrogen (secondary N) is 1. The number of benzene rings is 1. The van der Waals surface area contributed by atoms with Gasteiger partial charge in [-0.05, 0) is 38.8 Å². The molecule has 20 heavy (non-hydrogen) atoms. The zero-order valence-electron chi connectivity index (χ0n) is 12.0. The van der Waals surface area contributed by atoms with Crippen molar-refractivity contribution in [1.82, 2.24) is 20.1 Å². The summed E-state index contributed by atoms with van der Waals surface area (Å²) in [6, 6.07) is 10.2.